The van der Waals surface area contributed by atoms with Gasteiger partial charge in [-0.3, -0.25) is 4.98 Å². The van der Waals surface area contributed by atoms with Gasteiger partial charge in [0.15, 0.2) is 0 Å². The molecule has 3 heterocycles. The number of rotatable bonds is 0. The van der Waals surface area contributed by atoms with E-state index in [-0.39, 0.29) is 0 Å². The molecule has 2 nitrogen and oxygen atoms in total. The normalized spacial score (nSPS) is 11.1. The summed E-state index contributed by atoms with van der Waals surface area (Å²) in [6.07, 6.45) is 5.92. The molecule has 62 valence electrons. The highest BCUT2D eigenvalue weighted by molar-refractivity contribution is 5.79. The Morgan fingerprint density at radius 1 is 1.00 bits per heavy atom. The molecule has 0 saturated carbocycles. The van der Waals surface area contributed by atoms with Crippen molar-refractivity contribution in [3.05, 3.63) is 48.9 Å². The molecule has 2 heteroatoms. The Labute approximate surface area is 75.8 Å². The molecule has 0 amide bonds. The summed E-state index contributed by atoms with van der Waals surface area (Å²) >= 11 is 0. The molecule has 0 bridgehead atoms. The van der Waals surface area contributed by atoms with Gasteiger partial charge in [0.2, 0.25) is 0 Å². The van der Waals surface area contributed by atoms with Crippen molar-refractivity contribution in [1.29, 1.82) is 0 Å². The van der Waals surface area contributed by atoms with Gasteiger partial charge in [0.1, 0.15) is 0 Å². The molecule has 0 aromatic carbocycles. The van der Waals surface area contributed by atoms with E-state index in [1.807, 2.05) is 42.9 Å². The van der Waals surface area contributed by atoms with Crippen LogP contribution in [-0.4, -0.2) is 9.38 Å². The number of fused-ring (bicyclic) bond motifs is 3. The molecule has 1 aromatic rings. The van der Waals surface area contributed by atoms with Gasteiger partial charge in [-0.15, -0.1) is 0 Å². The maximum Gasteiger partial charge on any atom is 0.0738 e. The van der Waals surface area contributed by atoms with Gasteiger partial charge in [-0.05, 0) is 24.3 Å². The standard InChI is InChI=1S/C11H8N2/c1-2-7-13-8-5-10-9(4-6-12-10)11(13)3-1/h1-8H. The second kappa shape index (κ2) is 2.33. The Kier molecular flexibility index (Phi) is 1.19. The van der Waals surface area contributed by atoms with Gasteiger partial charge in [0, 0.05) is 24.2 Å². The molecule has 0 unspecified atom stereocenters. The van der Waals surface area contributed by atoms with Crippen LogP contribution in [0.2, 0.25) is 0 Å². The molecule has 0 saturated heterocycles. The quantitative estimate of drug-likeness (QED) is 0.504. The van der Waals surface area contributed by atoms with Gasteiger partial charge in [-0.1, -0.05) is 6.07 Å². The first-order valence-corrected chi connectivity index (χ1v) is 4.25. The average molecular weight is 168 g/mol. The molecule has 2 aliphatic rings. The fourth-order valence-electron chi connectivity index (χ4n) is 1.66. The summed E-state index contributed by atoms with van der Waals surface area (Å²) in [5.74, 6) is 0. The molecule has 13 heavy (non-hydrogen) atoms. The summed E-state index contributed by atoms with van der Waals surface area (Å²) in [5, 5.41) is 0. The number of aromatic nitrogens is 2. The second-order valence-electron chi connectivity index (χ2n) is 3.05. The van der Waals surface area contributed by atoms with Crippen molar-refractivity contribution in [2.75, 3.05) is 0 Å². The Morgan fingerprint density at radius 3 is 3.00 bits per heavy atom. The van der Waals surface area contributed by atoms with Crippen molar-refractivity contribution in [3.8, 4) is 11.3 Å². The highest BCUT2D eigenvalue weighted by Gasteiger charge is 2.05. The summed E-state index contributed by atoms with van der Waals surface area (Å²) in [4.78, 5) is 4.26. The Morgan fingerprint density at radius 2 is 2.00 bits per heavy atom. The summed E-state index contributed by atoms with van der Waals surface area (Å²) in [6, 6.07) is 10.2. The zero-order valence-corrected chi connectivity index (χ0v) is 7.01. The number of hydrogen-bond acceptors (Lipinski definition) is 1. The van der Waals surface area contributed by atoms with Crippen molar-refractivity contribution in [2.24, 2.45) is 0 Å². The minimum Gasteiger partial charge on any atom is -0.323 e. The predicted molar refractivity (Wildman–Crippen MR) is 51.8 cm³/mol. The molecular formula is C11H8N2. The van der Waals surface area contributed by atoms with E-state index in [0.29, 0.717) is 0 Å². The lowest BCUT2D eigenvalue weighted by molar-refractivity contribution is 1.16. The molecule has 0 fully saturated rings. The van der Waals surface area contributed by atoms with E-state index in [9.17, 15) is 0 Å². The third kappa shape index (κ3) is 0.855. The van der Waals surface area contributed by atoms with Crippen LogP contribution in [0.5, 0.6) is 0 Å². The van der Waals surface area contributed by atoms with Gasteiger partial charge in [-0.25, -0.2) is 0 Å². The molecule has 0 N–H and O–H groups in total. The zero-order chi connectivity index (χ0) is 8.67. The molecule has 0 spiro atoms. The van der Waals surface area contributed by atoms with E-state index in [2.05, 4.69) is 15.5 Å². The van der Waals surface area contributed by atoms with Crippen LogP contribution in [0.3, 0.4) is 0 Å². The van der Waals surface area contributed by atoms with E-state index in [4.69, 9.17) is 0 Å². The number of hydrogen-bond donors (Lipinski definition) is 0. The van der Waals surface area contributed by atoms with Crippen LogP contribution in [0.4, 0.5) is 0 Å². The monoisotopic (exact) mass is 168 g/mol. The largest absolute Gasteiger partial charge is 0.323 e. The Hall–Kier alpha value is -1.83. The van der Waals surface area contributed by atoms with Crippen molar-refractivity contribution in [2.45, 2.75) is 0 Å². The molecule has 2 aliphatic heterocycles. The van der Waals surface area contributed by atoms with E-state index in [0.717, 1.165) is 5.69 Å². The average Bonchev–Trinajstić information content (AvgIpc) is 2.65. The molecule has 1 aromatic heterocycles. The third-order valence-corrected chi connectivity index (χ3v) is 2.29. The molecule has 0 atom stereocenters. The van der Waals surface area contributed by atoms with Crippen LogP contribution >= 0.6 is 0 Å². The maximum atomic E-state index is 4.26. The summed E-state index contributed by atoms with van der Waals surface area (Å²) < 4.78 is 2.10. The van der Waals surface area contributed by atoms with Crippen molar-refractivity contribution in [3.63, 3.8) is 0 Å². The first-order chi connectivity index (χ1) is 6.45. The van der Waals surface area contributed by atoms with E-state index < -0.39 is 0 Å². The lowest BCUT2D eigenvalue weighted by atomic mass is 10.1. The van der Waals surface area contributed by atoms with Crippen molar-refractivity contribution < 1.29 is 0 Å². The minimum atomic E-state index is 1.06. The highest BCUT2D eigenvalue weighted by Crippen LogP contribution is 2.24. The molecule has 0 radical (unpaired) electrons. The molecule has 0 aliphatic carbocycles. The zero-order valence-electron chi connectivity index (χ0n) is 7.01. The highest BCUT2D eigenvalue weighted by atomic mass is 14.9. The van der Waals surface area contributed by atoms with Crippen molar-refractivity contribution >= 4 is 5.52 Å². The Balaban J connectivity index is 2.57. The van der Waals surface area contributed by atoms with E-state index >= 15 is 0 Å². The topological polar surface area (TPSA) is 17.3 Å². The van der Waals surface area contributed by atoms with Gasteiger partial charge < -0.3 is 4.40 Å². The summed E-state index contributed by atoms with van der Waals surface area (Å²) in [7, 11) is 0. The predicted octanol–water partition coefficient (Wildman–Crippen LogP) is 2.44. The summed E-state index contributed by atoms with van der Waals surface area (Å²) in [6.45, 7) is 0. The Bertz CT molecular complexity index is 525. The van der Waals surface area contributed by atoms with Crippen LogP contribution in [-0.2, 0) is 0 Å². The van der Waals surface area contributed by atoms with Crippen LogP contribution < -0.4 is 0 Å². The lowest BCUT2D eigenvalue weighted by Crippen LogP contribution is -1.89. The van der Waals surface area contributed by atoms with E-state index in [1.54, 1.807) is 0 Å². The van der Waals surface area contributed by atoms with Gasteiger partial charge in [0.05, 0.1) is 11.2 Å². The first kappa shape index (κ1) is 6.66. The van der Waals surface area contributed by atoms with Gasteiger partial charge >= 0.3 is 0 Å². The fraction of sp³-hybridized carbons (Fsp3) is 0. The summed E-state index contributed by atoms with van der Waals surface area (Å²) in [5.41, 5.74) is 3.48. The van der Waals surface area contributed by atoms with Gasteiger partial charge in [0.25, 0.3) is 0 Å². The lowest BCUT2D eigenvalue weighted by Gasteiger charge is -2.04. The van der Waals surface area contributed by atoms with Gasteiger partial charge in [-0.2, -0.15) is 0 Å². The van der Waals surface area contributed by atoms with Crippen LogP contribution in [0.1, 0.15) is 0 Å². The SMILES string of the molecule is c1ccn2ccc3nccc-3c2c1. The third-order valence-electron chi connectivity index (χ3n) is 2.29. The first-order valence-electron chi connectivity index (χ1n) is 4.25. The molecular weight excluding hydrogens is 160 g/mol. The van der Waals surface area contributed by atoms with Crippen LogP contribution in [0.15, 0.2) is 48.9 Å². The fourth-order valence-corrected chi connectivity index (χ4v) is 1.66. The van der Waals surface area contributed by atoms with E-state index in [1.165, 1.54) is 11.1 Å². The minimum absolute atomic E-state index is 1.06. The number of nitrogens with zero attached hydrogens (tertiary/aromatic N) is 2. The van der Waals surface area contributed by atoms with Crippen LogP contribution in [0.25, 0.3) is 16.8 Å². The number of pyridine rings is 2. The maximum absolute atomic E-state index is 4.26. The van der Waals surface area contributed by atoms with Crippen molar-refractivity contribution in [1.82, 2.24) is 9.38 Å². The second-order valence-corrected chi connectivity index (χ2v) is 3.05. The molecule has 3 rings (SSSR count). The van der Waals surface area contributed by atoms with Crippen LogP contribution in [0, 0.1) is 0 Å². The smallest absolute Gasteiger partial charge is 0.0738 e.